The summed E-state index contributed by atoms with van der Waals surface area (Å²) in [7, 11) is 0. The van der Waals surface area contributed by atoms with Gasteiger partial charge in [-0.15, -0.1) is 0 Å². The molecule has 0 radical (unpaired) electrons. The van der Waals surface area contributed by atoms with Crippen molar-refractivity contribution in [2.75, 3.05) is 19.6 Å². The lowest BCUT2D eigenvalue weighted by molar-refractivity contribution is 0.214. The maximum Gasteiger partial charge on any atom is 0.199 e. The van der Waals surface area contributed by atoms with Gasteiger partial charge >= 0.3 is 0 Å². The summed E-state index contributed by atoms with van der Waals surface area (Å²) < 4.78 is 5.81. The number of piperidine rings is 1. The molecule has 0 aliphatic carbocycles. The molecule has 0 bridgehead atoms. The molecule has 2 heterocycles. The van der Waals surface area contributed by atoms with Gasteiger partial charge in [-0.3, -0.25) is 4.90 Å². The summed E-state index contributed by atoms with van der Waals surface area (Å²) in [5, 5.41) is 8.76. The minimum Gasteiger partial charge on any atom is -0.440 e. The first-order valence-corrected chi connectivity index (χ1v) is 6.31. The van der Waals surface area contributed by atoms with Crippen LogP contribution in [0.5, 0.6) is 0 Å². The van der Waals surface area contributed by atoms with E-state index in [2.05, 4.69) is 16.0 Å². The Bertz CT molecular complexity index is 551. The average molecular weight is 241 g/mol. The van der Waals surface area contributed by atoms with E-state index in [0.717, 1.165) is 42.9 Å². The summed E-state index contributed by atoms with van der Waals surface area (Å²) >= 11 is 0. The molecule has 0 amide bonds. The smallest absolute Gasteiger partial charge is 0.199 e. The Morgan fingerprint density at radius 2 is 2.33 bits per heavy atom. The van der Waals surface area contributed by atoms with Gasteiger partial charge in [-0.1, -0.05) is 12.1 Å². The molecule has 18 heavy (non-hydrogen) atoms. The van der Waals surface area contributed by atoms with Crippen LogP contribution in [0.1, 0.15) is 24.7 Å². The second-order valence-electron chi connectivity index (χ2n) is 4.75. The summed E-state index contributed by atoms with van der Waals surface area (Å²) in [5.41, 5.74) is 1.77. The largest absolute Gasteiger partial charge is 0.440 e. The molecule has 3 rings (SSSR count). The average Bonchev–Trinajstić information content (AvgIpc) is 2.83. The van der Waals surface area contributed by atoms with Crippen molar-refractivity contribution in [3.63, 3.8) is 0 Å². The zero-order valence-corrected chi connectivity index (χ0v) is 10.2. The van der Waals surface area contributed by atoms with Gasteiger partial charge in [0.2, 0.25) is 0 Å². The molecule has 1 saturated heterocycles. The molecule has 2 aromatic rings. The molecule has 1 unspecified atom stereocenters. The topological polar surface area (TPSA) is 53.1 Å². The number of benzene rings is 1. The van der Waals surface area contributed by atoms with Gasteiger partial charge in [0.25, 0.3) is 0 Å². The van der Waals surface area contributed by atoms with Crippen molar-refractivity contribution < 1.29 is 4.42 Å². The highest BCUT2D eigenvalue weighted by Crippen LogP contribution is 2.28. The Balaban J connectivity index is 1.83. The van der Waals surface area contributed by atoms with E-state index in [4.69, 9.17) is 9.68 Å². The molecule has 1 fully saturated rings. The van der Waals surface area contributed by atoms with Gasteiger partial charge in [0.1, 0.15) is 5.52 Å². The number of aromatic nitrogens is 1. The van der Waals surface area contributed by atoms with Crippen molar-refractivity contribution in [3.05, 3.63) is 30.2 Å². The highest BCUT2D eigenvalue weighted by atomic mass is 16.3. The molecule has 1 aromatic carbocycles. The van der Waals surface area contributed by atoms with Crippen LogP contribution in [0.15, 0.2) is 28.7 Å². The zero-order valence-electron chi connectivity index (χ0n) is 10.2. The first-order valence-electron chi connectivity index (χ1n) is 6.31. The van der Waals surface area contributed by atoms with E-state index in [-0.39, 0.29) is 0 Å². The van der Waals surface area contributed by atoms with Crippen LogP contribution in [0, 0.1) is 11.3 Å². The molecule has 1 atom stereocenters. The second kappa shape index (κ2) is 4.79. The molecule has 1 aromatic heterocycles. The van der Waals surface area contributed by atoms with Gasteiger partial charge in [-0.25, -0.2) is 4.98 Å². The monoisotopic (exact) mass is 241 g/mol. The molecule has 92 valence electrons. The number of fused-ring (bicyclic) bond motifs is 1. The fourth-order valence-electron chi connectivity index (χ4n) is 2.57. The van der Waals surface area contributed by atoms with E-state index < -0.39 is 0 Å². The number of para-hydroxylation sites is 2. The number of hydrogen-bond donors (Lipinski definition) is 0. The van der Waals surface area contributed by atoms with Gasteiger partial charge in [0, 0.05) is 12.5 Å². The lowest BCUT2D eigenvalue weighted by Crippen LogP contribution is -2.34. The molecule has 0 spiro atoms. The highest BCUT2D eigenvalue weighted by Gasteiger charge is 2.25. The van der Waals surface area contributed by atoms with Gasteiger partial charge in [-0.2, -0.15) is 5.26 Å². The molecule has 1 aliphatic heterocycles. The maximum atomic E-state index is 8.76. The van der Waals surface area contributed by atoms with E-state index in [1.165, 1.54) is 0 Å². The fraction of sp³-hybridized carbons (Fsp3) is 0.429. The Morgan fingerprint density at radius 1 is 1.44 bits per heavy atom. The number of nitrogens with zero attached hydrogens (tertiary/aromatic N) is 3. The van der Waals surface area contributed by atoms with Crippen LogP contribution in [0.2, 0.25) is 0 Å². The predicted octanol–water partition coefficient (Wildman–Crippen LogP) is 2.53. The Labute approximate surface area is 106 Å². The second-order valence-corrected chi connectivity index (χ2v) is 4.75. The number of hydrogen-bond acceptors (Lipinski definition) is 4. The third-order valence-electron chi connectivity index (χ3n) is 3.46. The highest BCUT2D eigenvalue weighted by molar-refractivity contribution is 5.72. The summed E-state index contributed by atoms with van der Waals surface area (Å²) in [4.78, 5) is 6.72. The van der Waals surface area contributed by atoms with Gasteiger partial charge in [-0.05, 0) is 31.5 Å². The van der Waals surface area contributed by atoms with Gasteiger partial charge in [0.05, 0.1) is 12.6 Å². The zero-order chi connectivity index (χ0) is 12.4. The summed E-state index contributed by atoms with van der Waals surface area (Å²) in [5.74, 6) is 1.14. The van der Waals surface area contributed by atoms with Crippen molar-refractivity contribution >= 4 is 11.1 Å². The van der Waals surface area contributed by atoms with Crippen molar-refractivity contribution in [2.45, 2.75) is 18.8 Å². The molecular formula is C14H15N3O. The molecule has 4 nitrogen and oxygen atoms in total. The van der Waals surface area contributed by atoms with Crippen LogP contribution in [0.25, 0.3) is 11.1 Å². The van der Waals surface area contributed by atoms with Crippen LogP contribution in [0.4, 0.5) is 0 Å². The summed E-state index contributed by atoms with van der Waals surface area (Å²) in [6.07, 6.45) is 2.19. The minimum atomic E-state index is 0.319. The lowest BCUT2D eigenvalue weighted by atomic mass is 9.98. The normalized spacial score (nSPS) is 20.9. The Morgan fingerprint density at radius 3 is 3.17 bits per heavy atom. The third-order valence-corrected chi connectivity index (χ3v) is 3.46. The molecule has 4 heteroatoms. The lowest BCUT2D eigenvalue weighted by Gasteiger charge is -2.28. The number of likely N-dealkylation sites (tertiary alicyclic amines) is 1. The Kier molecular flexibility index (Phi) is 2.99. The van der Waals surface area contributed by atoms with Gasteiger partial charge < -0.3 is 4.42 Å². The number of nitriles is 1. The molecule has 0 saturated carbocycles. The predicted molar refractivity (Wildman–Crippen MR) is 68.0 cm³/mol. The van der Waals surface area contributed by atoms with Crippen LogP contribution in [-0.4, -0.2) is 29.5 Å². The standard InChI is InChI=1S/C14H15N3O/c15-7-9-17-8-3-4-11(10-17)14-16-12-5-1-2-6-13(12)18-14/h1-2,5-6,11H,3-4,8-10H2. The minimum absolute atomic E-state index is 0.319. The van der Waals surface area contributed by atoms with Crippen molar-refractivity contribution in [1.29, 1.82) is 5.26 Å². The molecular weight excluding hydrogens is 226 g/mol. The maximum absolute atomic E-state index is 8.76. The summed E-state index contributed by atoms with van der Waals surface area (Å²) in [6, 6.07) is 10.1. The number of rotatable bonds is 2. The van der Waals surface area contributed by atoms with E-state index in [1.807, 2.05) is 24.3 Å². The van der Waals surface area contributed by atoms with Gasteiger partial charge in [0.15, 0.2) is 11.5 Å². The summed E-state index contributed by atoms with van der Waals surface area (Å²) in [6.45, 7) is 2.38. The van der Waals surface area contributed by atoms with Crippen LogP contribution in [0.3, 0.4) is 0 Å². The quantitative estimate of drug-likeness (QED) is 0.758. The van der Waals surface area contributed by atoms with E-state index >= 15 is 0 Å². The van der Waals surface area contributed by atoms with E-state index in [1.54, 1.807) is 0 Å². The first-order chi connectivity index (χ1) is 8.86. The Hall–Kier alpha value is -1.86. The van der Waals surface area contributed by atoms with Crippen LogP contribution in [-0.2, 0) is 0 Å². The number of oxazole rings is 1. The first kappa shape index (κ1) is 11.2. The van der Waals surface area contributed by atoms with E-state index in [0.29, 0.717) is 12.5 Å². The third kappa shape index (κ3) is 2.09. The fourth-order valence-corrected chi connectivity index (χ4v) is 2.57. The van der Waals surface area contributed by atoms with Crippen LogP contribution >= 0.6 is 0 Å². The van der Waals surface area contributed by atoms with Crippen molar-refractivity contribution in [2.24, 2.45) is 0 Å². The van der Waals surface area contributed by atoms with E-state index in [9.17, 15) is 0 Å². The molecule has 1 aliphatic rings. The SMILES string of the molecule is N#CCN1CCCC(c2nc3ccccc3o2)C1. The van der Waals surface area contributed by atoms with Crippen molar-refractivity contribution in [3.8, 4) is 6.07 Å². The van der Waals surface area contributed by atoms with Crippen LogP contribution < -0.4 is 0 Å². The molecule has 0 N–H and O–H groups in total. The van der Waals surface area contributed by atoms with Crippen molar-refractivity contribution in [1.82, 2.24) is 9.88 Å².